The van der Waals surface area contributed by atoms with E-state index >= 15 is 0 Å². The van der Waals surface area contributed by atoms with E-state index in [0.29, 0.717) is 11.3 Å². The Morgan fingerprint density at radius 3 is 2.17 bits per heavy atom. The van der Waals surface area contributed by atoms with Crippen molar-refractivity contribution in [1.29, 1.82) is 0 Å². The first-order chi connectivity index (χ1) is 11.5. The number of isothiocyanates is 2. The molecule has 0 spiro atoms. The molecule has 1 N–H and O–H groups in total. The molecule has 0 bridgehead atoms. The summed E-state index contributed by atoms with van der Waals surface area (Å²) in [6.45, 7) is 0. The Bertz CT molecular complexity index is 986. The van der Waals surface area contributed by atoms with Gasteiger partial charge in [-0.15, -0.1) is 0 Å². The zero-order valence-electron chi connectivity index (χ0n) is 12.1. The van der Waals surface area contributed by atoms with E-state index in [2.05, 4.69) is 44.7 Å². The molecule has 0 unspecified atom stereocenters. The van der Waals surface area contributed by atoms with Crippen molar-refractivity contribution in [3.8, 4) is 0 Å². The van der Waals surface area contributed by atoms with Gasteiger partial charge in [-0.3, -0.25) is 4.55 Å². The van der Waals surface area contributed by atoms with Gasteiger partial charge in [0.15, 0.2) is 0 Å². The number of thiocarbonyl (C=S) groups is 2. The lowest BCUT2D eigenvalue weighted by Crippen LogP contribution is -2.04. The summed E-state index contributed by atoms with van der Waals surface area (Å²) in [5.41, 5.74) is 0.839. The number of para-hydroxylation sites is 1. The third-order valence-electron chi connectivity index (χ3n) is 2.99. The number of aliphatic imine (C=N–C) groups is 2. The second-order valence-corrected chi connectivity index (χ2v) is 6.17. The molecule has 24 heavy (non-hydrogen) atoms. The van der Waals surface area contributed by atoms with Crippen LogP contribution >= 0.6 is 24.4 Å². The molecule has 0 saturated carbocycles. The number of benzene rings is 2. The standard InChI is InChI=1S/C16H10N2O3S3/c19-24(20,21)16(12-6-2-1-3-7-12)15(18-11-23)13-8-4-5-9-14(13)17-10-22/h1-9H,(H,19,20,21). The van der Waals surface area contributed by atoms with Gasteiger partial charge in [0.1, 0.15) is 10.6 Å². The predicted molar refractivity (Wildman–Crippen MR) is 101 cm³/mol. The quantitative estimate of drug-likeness (QED) is 0.366. The van der Waals surface area contributed by atoms with Gasteiger partial charge in [0.2, 0.25) is 0 Å². The van der Waals surface area contributed by atoms with Gasteiger partial charge in [0.25, 0.3) is 10.1 Å². The minimum atomic E-state index is -4.61. The smallest absolute Gasteiger partial charge is 0.282 e. The lowest BCUT2D eigenvalue weighted by molar-refractivity contribution is 0.496. The van der Waals surface area contributed by atoms with Gasteiger partial charge in [-0.25, -0.2) is 0 Å². The van der Waals surface area contributed by atoms with Crippen molar-refractivity contribution in [2.24, 2.45) is 9.98 Å². The van der Waals surface area contributed by atoms with E-state index in [9.17, 15) is 13.0 Å². The summed E-state index contributed by atoms with van der Waals surface area (Å²) >= 11 is 9.24. The Balaban J connectivity index is 2.96. The van der Waals surface area contributed by atoms with E-state index < -0.39 is 15.0 Å². The SMILES string of the molecule is O=S(=O)(O)C(=C(N=C=S)c1ccccc1N=C=S)c1ccccc1. The maximum atomic E-state index is 12.0. The zero-order chi connectivity index (χ0) is 17.6. The van der Waals surface area contributed by atoms with E-state index in [1.807, 2.05) is 0 Å². The van der Waals surface area contributed by atoms with Gasteiger partial charge < -0.3 is 0 Å². The fourth-order valence-corrected chi connectivity index (χ4v) is 3.12. The fourth-order valence-electron chi connectivity index (χ4n) is 2.10. The van der Waals surface area contributed by atoms with Crippen molar-refractivity contribution < 1.29 is 13.0 Å². The number of nitrogens with zero attached hydrogens (tertiary/aromatic N) is 2. The lowest BCUT2D eigenvalue weighted by atomic mass is 10.1. The summed E-state index contributed by atoms with van der Waals surface area (Å²) in [6, 6.07) is 14.6. The largest absolute Gasteiger partial charge is 0.297 e. The van der Waals surface area contributed by atoms with Crippen molar-refractivity contribution in [2.45, 2.75) is 0 Å². The summed E-state index contributed by atoms with van der Waals surface area (Å²) in [5.74, 6) is 0. The lowest BCUT2D eigenvalue weighted by Gasteiger charge is -2.11. The molecule has 2 rings (SSSR count). The average Bonchev–Trinajstić information content (AvgIpc) is 2.55. The Labute approximate surface area is 149 Å². The van der Waals surface area contributed by atoms with Crippen LogP contribution in [0, 0.1) is 0 Å². The molecule has 8 heteroatoms. The van der Waals surface area contributed by atoms with Crippen LogP contribution < -0.4 is 0 Å². The number of rotatable bonds is 5. The first kappa shape index (κ1) is 18.0. The van der Waals surface area contributed by atoms with Gasteiger partial charge in [-0.1, -0.05) is 48.5 Å². The molecule has 0 aliphatic heterocycles. The van der Waals surface area contributed by atoms with Crippen LogP contribution in [0.5, 0.6) is 0 Å². The van der Waals surface area contributed by atoms with E-state index in [4.69, 9.17) is 0 Å². The van der Waals surface area contributed by atoms with Gasteiger partial charge in [0, 0.05) is 5.56 Å². The second kappa shape index (κ2) is 7.99. The molecule has 2 aromatic carbocycles. The van der Waals surface area contributed by atoms with Crippen LogP contribution in [0.1, 0.15) is 11.1 Å². The zero-order valence-corrected chi connectivity index (χ0v) is 14.5. The summed E-state index contributed by atoms with van der Waals surface area (Å²) in [6.07, 6.45) is 0. The van der Waals surface area contributed by atoms with Crippen molar-refractivity contribution in [2.75, 3.05) is 0 Å². The normalized spacial score (nSPS) is 11.7. The van der Waals surface area contributed by atoms with Crippen LogP contribution in [0.4, 0.5) is 5.69 Å². The molecule has 0 fully saturated rings. The van der Waals surface area contributed by atoms with Gasteiger partial charge in [-0.2, -0.15) is 18.4 Å². The third-order valence-corrected chi connectivity index (χ3v) is 4.12. The molecule has 0 saturated heterocycles. The fraction of sp³-hybridized carbons (Fsp3) is 0. The van der Waals surface area contributed by atoms with E-state index in [1.54, 1.807) is 42.5 Å². The van der Waals surface area contributed by atoms with E-state index in [-0.39, 0.29) is 11.3 Å². The van der Waals surface area contributed by atoms with E-state index in [1.165, 1.54) is 12.1 Å². The molecule has 0 amide bonds. The molecule has 0 heterocycles. The summed E-state index contributed by atoms with van der Waals surface area (Å²) in [4.78, 5) is 7.37. The van der Waals surface area contributed by atoms with Crippen LogP contribution in [-0.4, -0.2) is 23.3 Å². The Morgan fingerprint density at radius 1 is 0.958 bits per heavy atom. The first-order valence-corrected chi connectivity index (χ1v) is 8.77. The highest BCUT2D eigenvalue weighted by atomic mass is 32.2. The third kappa shape index (κ3) is 4.15. The van der Waals surface area contributed by atoms with Crippen LogP contribution in [-0.2, 0) is 10.1 Å². The van der Waals surface area contributed by atoms with Crippen LogP contribution in [0.3, 0.4) is 0 Å². The topological polar surface area (TPSA) is 79.1 Å². The Morgan fingerprint density at radius 2 is 1.58 bits per heavy atom. The molecule has 0 aliphatic rings. The van der Waals surface area contributed by atoms with Crippen molar-refractivity contribution in [1.82, 2.24) is 0 Å². The first-order valence-electron chi connectivity index (χ1n) is 6.51. The highest BCUT2D eigenvalue weighted by Crippen LogP contribution is 2.35. The predicted octanol–water partition coefficient (Wildman–Crippen LogP) is 4.24. The minimum Gasteiger partial charge on any atom is -0.282 e. The maximum Gasteiger partial charge on any atom is 0.297 e. The maximum absolute atomic E-state index is 12.0. The van der Waals surface area contributed by atoms with Crippen molar-refractivity contribution in [3.05, 3.63) is 65.7 Å². The van der Waals surface area contributed by atoms with Gasteiger partial charge in [0.05, 0.1) is 16.0 Å². The monoisotopic (exact) mass is 374 g/mol. The second-order valence-electron chi connectivity index (χ2n) is 4.44. The Hall–Kier alpha value is -2.31. The van der Waals surface area contributed by atoms with Crippen molar-refractivity contribution >= 4 is 61.2 Å². The van der Waals surface area contributed by atoms with Crippen LogP contribution in [0.25, 0.3) is 10.6 Å². The molecule has 120 valence electrons. The van der Waals surface area contributed by atoms with Crippen LogP contribution in [0.15, 0.2) is 64.6 Å². The minimum absolute atomic E-state index is 0.0803. The Kier molecular flexibility index (Phi) is 6.00. The van der Waals surface area contributed by atoms with Gasteiger partial charge >= 0.3 is 0 Å². The molecule has 0 radical (unpaired) electrons. The van der Waals surface area contributed by atoms with E-state index in [0.717, 1.165) is 0 Å². The molecule has 5 nitrogen and oxygen atoms in total. The molecule has 2 aromatic rings. The van der Waals surface area contributed by atoms with Gasteiger partial charge in [-0.05, 0) is 36.1 Å². The molecular formula is C16H10N2O3S3. The highest BCUT2D eigenvalue weighted by Gasteiger charge is 2.24. The average molecular weight is 374 g/mol. The molecule has 0 aliphatic carbocycles. The number of hydrogen-bond acceptors (Lipinski definition) is 6. The number of hydrogen-bond donors (Lipinski definition) is 1. The summed E-state index contributed by atoms with van der Waals surface area (Å²) in [5, 5.41) is 4.37. The summed E-state index contributed by atoms with van der Waals surface area (Å²) < 4.78 is 33.7. The highest BCUT2D eigenvalue weighted by molar-refractivity contribution is 7.95. The van der Waals surface area contributed by atoms with Crippen LogP contribution in [0.2, 0.25) is 0 Å². The molecule has 0 aromatic heterocycles. The molecular weight excluding hydrogens is 364 g/mol. The van der Waals surface area contributed by atoms with Crippen molar-refractivity contribution in [3.63, 3.8) is 0 Å². The summed E-state index contributed by atoms with van der Waals surface area (Å²) in [7, 11) is -4.61. The molecule has 0 atom stereocenters.